The molecule has 0 unspecified atom stereocenters. The molecule has 5 nitrogen and oxygen atoms in total. The normalized spacial score (nSPS) is 15.2. The lowest BCUT2D eigenvalue weighted by Crippen LogP contribution is -2.31. The van der Waals surface area contributed by atoms with Gasteiger partial charge in [-0.1, -0.05) is 17.7 Å². The second kappa shape index (κ2) is 6.61. The monoisotopic (exact) mass is 387 g/mol. The van der Waals surface area contributed by atoms with Crippen LogP contribution >= 0.6 is 11.6 Å². The Kier molecular flexibility index (Phi) is 4.42. The predicted molar refractivity (Wildman–Crippen MR) is 102 cm³/mol. The number of aromatic nitrogens is 2. The van der Waals surface area contributed by atoms with Gasteiger partial charge in [-0.05, 0) is 35.4 Å². The van der Waals surface area contributed by atoms with E-state index in [9.17, 15) is 8.42 Å². The molecule has 0 spiro atoms. The van der Waals surface area contributed by atoms with Gasteiger partial charge >= 0.3 is 0 Å². The van der Waals surface area contributed by atoms with E-state index >= 15 is 0 Å². The van der Waals surface area contributed by atoms with Crippen molar-refractivity contribution in [1.29, 1.82) is 0 Å². The minimum absolute atomic E-state index is 0.302. The number of rotatable bonds is 3. The van der Waals surface area contributed by atoms with Crippen LogP contribution in [0.1, 0.15) is 16.8 Å². The molecule has 0 amide bonds. The number of nitrogens with zero attached hydrogens (tertiary/aromatic N) is 3. The van der Waals surface area contributed by atoms with Crippen molar-refractivity contribution in [2.75, 3.05) is 12.8 Å². The molecule has 0 bridgehead atoms. The fraction of sp³-hybridized carbons (Fsp3) is 0.263. The Hall–Kier alpha value is -2.02. The molecule has 0 saturated carbocycles. The number of halogens is 1. The molecule has 7 heteroatoms. The van der Waals surface area contributed by atoms with Crippen LogP contribution in [0.2, 0.25) is 5.02 Å². The topological polar surface area (TPSA) is 63.2 Å². The van der Waals surface area contributed by atoms with Gasteiger partial charge < -0.3 is 0 Å². The third kappa shape index (κ3) is 3.45. The van der Waals surface area contributed by atoms with Crippen LogP contribution < -0.4 is 0 Å². The Morgan fingerprint density at radius 1 is 1.23 bits per heavy atom. The summed E-state index contributed by atoms with van der Waals surface area (Å²) in [7, 11) is -3.33. The van der Waals surface area contributed by atoms with Crippen molar-refractivity contribution in [1.82, 2.24) is 14.9 Å². The summed E-state index contributed by atoms with van der Waals surface area (Å²) in [5.41, 5.74) is 4.02. The van der Waals surface area contributed by atoms with Crippen LogP contribution in [-0.4, -0.2) is 36.1 Å². The van der Waals surface area contributed by atoms with Crippen LogP contribution in [-0.2, 0) is 29.3 Å². The minimum atomic E-state index is -3.33. The van der Waals surface area contributed by atoms with Crippen molar-refractivity contribution < 1.29 is 8.42 Å². The van der Waals surface area contributed by atoms with Gasteiger partial charge in [0.25, 0.3) is 0 Å². The van der Waals surface area contributed by atoms with Gasteiger partial charge in [0, 0.05) is 60.8 Å². The van der Waals surface area contributed by atoms with Crippen LogP contribution in [0.4, 0.5) is 0 Å². The van der Waals surface area contributed by atoms with Gasteiger partial charge in [-0.25, -0.2) is 8.42 Å². The summed E-state index contributed by atoms with van der Waals surface area (Å²) in [5, 5.41) is 1.46. The van der Waals surface area contributed by atoms with Crippen molar-refractivity contribution in [2.24, 2.45) is 0 Å². The molecule has 0 saturated heterocycles. The number of hydrogen-bond donors (Lipinski definition) is 0. The van der Waals surface area contributed by atoms with E-state index in [-0.39, 0.29) is 0 Å². The summed E-state index contributed by atoms with van der Waals surface area (Å²) in [6, 6.07) is 9.14. The molecule has 0 atom stereocenters. The van der Waals surface area contributed by atoms with Gasteiger partial charge in [-0.3, -0.25) is 14.9 Å². The fourth-order valence-electron chi connectivity index (χ4n) is 3.42. The first-order valence-electron chi connectivity index (χ1n) is 8.33. The Morgan fingerprint density at radius 2 is 2.08 bits per heavy atom. The van der Waals surface area contributed by atoms with E-state index in [1.54, 1.807) is 18.3 Å². The van der Waals surface area contributed by atoms with Crippen LogP contribution in [0.5, 0.6) is 0 Å². The quantitative estimate of drug-likeness (QED) is 0.690. The molecule has 3 heterocycles. The Balaban J connectivity index is 1.63. The number of benzene rings is 1. The molecule has 0 N–H and O–H groups in total. The average molecular weight is 388 g/mol. The molecule has 4 rings (SSSR count). The standard InChI is InChI=1S/C19H18ClN3O2S/c1-26(24,25)19-9-16(20)3-2-13(19)11-23-7-5-18-15(12-23)8-14-10-21-6-4-17(14)22-18/h2-4,6,8-10H,5,7,11-12H2,1H3. The largest absolute Gasteiger partial charge is 0.294 e. The SMILES string of the molecule is CS(=O)(=O)c1cc(Cl)ccc1CN1CCc2nc3ccncc3cc2C1. The molecule has 0 fully saturated rings. The van der Waals surface area contributed by atoms with E-state index in [1.165, 1.54) is 17.9 Å². The van der Waals surface area contributed by atoms with E-state index in [0.717, 1.165) is 41.7 Å². The van der Waals surface area contributed by atoms with E-state index in [4.69, 9.17) is 16.6 Å². The minimum Gasteiger partial charge on any atom is -0.294 e. The number of hydrogen-bond acceptors (Lipinski definition) is 5. The van der Waals surface area contributed by atoms with E-state index in [0.29, 0.717) is 16.5 Å². The summed E-state index contributed by atoms with van der Waals surface area (Å²) in [6.07, 6.45) is 5.64. The maximum absolute atomic E-state index is 12.1. The van der Waals surface area contributed by atoms with Gasteiger partial charge in [-0.15, -0.1) is 0 Å². The van der Waals surface area contributed by atoms with Gasteiger partial charge in [0.05, 0.1) is 10.4 Å². The lowest BCUT2D eigenvalue weighted by molar-refractivity contribution is 0.242. The lowest BCUT2D eigenvalue weighted by atomic mass is 10.0. The molecular weight excluding hydrogens is 370 g/mol. The maximum Gasteiger partial charge on any atom is 0.175 e. The Labute approximate surface area is 157 Å². The van der Waals surface area contributed by atoms with Crippen molar-refractivity contribution >= 4 is 32.3 Å². The summed E-state index contributed by atoms with van der Waals surface area (Å²) in [4.78, 5) is 11.5. The second-order valence-electron chi connectivity index (χ2n) is 6.65. The zero-order valence-corrected chi connectivity index (χ0v) is 15.9. The van der Waals surface area contributed by atoms with Gasteiger partial charge in [0.15, 0.2) is 9.84 Å². The first kappa shape index (κ1) is 17.4. The third-order valence-corrected chi connectivity index (χ3v) is 6.08. The Bertz CT molecular complexity index is 1100. The van der Waals surface area contributed by atoms with E-state index < -0.39 is 9.84 Å². The molecule has 2 aromatic heterocycles. The van der Waals surface area contributed by atoms with Crippen LogP contribution in [0.3, 0.4) is 0 Å². The Morgan fingerprint density at radius 3 is 2.88 bits per heavy atom. The van der Waals surface area contributed by atoms with Crippen molar-refractivity contribution in [3.8, 4) is 0 Å². The molecule has 134 valence electrons. The van der Waals surface area contributed by atoms with Gasteiger partial charge in [0.2, 0.25) is 0 Å². The highest BCUT2D eigenvalue weighted by molar-refractivity contribution is 7.90. The van der Waals surface area contributed by atoms with Crippen molar-refractivity contribution in [3.63, 3.8) is 0 Å². The molecule has 0 aliphatic carbocycles. The first-order valence-corrected chi connectivity index (χ1v) is 10.6. The highest BCUT2D eigenvalue weighted by Gasteiger charge is 2.21. The van der Waals surface area contributed by atoms with E-state index in [1.807, 2.05) is 12.3 Å². The zero-order chi connectivity index (χ0) is 18.3. The smallest absolute Gasteiger partial charge is 0.175 e. The molecule has 1 aliphatic rings. The molecule has 0 radical (unpaired) electrons. The molecule has 3 aromatic rings. The van der Waals surface area contributed by atoms with Crippen molar-refractivity contribution in [3.05, 3.63) is 64.6 Å². The molecule has 1 aliphatic heterocycles. The molecular formula is C19H18ClN3O2S. The number of fused-ring (bicyclic) bond motifs is 2. The maximum atomic E-state index is 12.1. The highest BCUT2D eigenvalue weighted by atomic mass is 35.5. The van der Waals surface area contributed by atoms with Gasteiger partial charge in [-0.2, -0.15) is 0 Å². The summed E-state index contributed by atoms with van der Waals surface area (Å²) >= 11 is 6.00. The third-order valence-electron chi connectivity index (χ3n) is 4.67. The highest BCUT2D eigenvalue weighted by Crippen LogP contribution is 2.26. The lowest BCUT2D eigenvalue weighted by Gasteiger charge is -2.29. The second-order valence-corrected chi connectivity index (χ2v) is 9.07. The molecule has 1 aromatic carbocycles. The fourth-order valence-corrected chi connectivity index (χ4v) is 4.60. The summed E-state index contributed by atoms with van der Waals surface area (Å²) in [5.74, 6) is 0. The van der Waals surface area contributed by atoms with Crippen LogP contribution in [0, 0.1) is 0 Å². The number of sulfone groups is 1. The summed E-state index contributed by atoms with van der Waals surface area (Å²) < 4.78 is 24.2. The number of pyridine rings is 2. The van der Waals surface area contributed by atoms with Crippen LogP contribution in [0.15, 0.2) is 47.6 Å². The van der Waals surface area contributed by atoms with Gasteiger partial charge in [0.1, 0.15) is 0 Å². The zero-order valence-electron chi connectivity index (χ0n) is 14.3. The first-order chi connectivity index (χ1) is 12.4. The predicted octanol–water partition coefficient (Wildman–Crippen LogP) is 3.25. The van der Waals surface area contributed by atoms with Crippen molar-refractivity contribution in [2.45, 2.75) is 24.4 Å². The van der Waals surface area contributed by atoms with E-state index in [2.05, 4.69) is 16.0 Å². The molecule has 26 heavy (non-hydrogen) atoms. The summed E-state index contributed by atoms with van der Waals surface area (Å²) in [6.45, 7) is 2.13. The van der Waals surface area contributed by atoms with Crippen LogP contribution in [0.25, 0.3) is 10.9 Å². The average Bonchev–Trinajstić information content (AvgIpc) is 2.60.